The van der Waals surface area contributed by atoms with Crippen molar-refractivity contribution in [2.24, 2.45) is 0 Å². The van der Waals surface area contributed by atoms with Crippen LogP contribution in [0.5, 0.6) is 5.88 Å². The van der Waals surface area contributed by atoms with Crippen LogP contribution < -0.4 is 10.1 Å². The molecule has 0 fully saturated rings. The minimum absolute atomic E-state index is 0.578. The van der Waals surface area contributed by atoms with Crippen LogP contribution in [-0.2, 0) is 13.1 Å². The molecule has 0 radical (unpaired) electrons. The molecule has 2 aromatic heterocycles. The lowest BCUT2D eigenvalue weighted by Gasteiger charge is -2.00. The summed E-state index contributed by atoms with van der Waals surface area (Å²) in [4.78, 5) is 12.2. The lowest BCUT2D eigenvalue weighted by Crippen LogP contribution is -1.99. The van der Waals surface area contributed by atoms with Crippen LogP contribution in [0.15, 0.2) is 30.3 Å². The summed E-state index contributed by atoms with van der Waals surface area (Å²) in [7, 11) is 1.61. The smallest absolute Gasteiger partial charge is 0.215 e. The van der Waals surface area contributed by atoms with Gasteiger partial charge in [0.15, 0.2) is 5.65 Å². The monoisotopic (exact) mass is 266 g/mol. The summed E-state index contributed by atoms with van der Waals surface area (Å²) in [6, 6.07) is 10.2. The molecule has 5 heteroatoms. The van der Waals surface area contributed by atoms with Gasteiger partial charge in [0.1, 0.15) is 5.82 Å². The Kier molecular flexibility index (Phi) is 2.47. The molecule has 1 aliphatic rings. The minimum atomic E-state index is 0.578. The van der Waals surface area contributed by atoms with E-state index in [0.717, 1.165) is 30.0 Å². The van der Waals surface area contributed by atoms with Gasteiger partial charge in [-0.1, -0.05) is 12.1 Å². The summed E-state index contributed by atoms with van der Waals surface area (Å²) in [5.41, 5.74) is 5.39. The Bertz CT molecular complexity index is 794. The van der Waals surface area contributed by atoms with Crippen LogP contribution >= 0.6 is 0 Å². The average molecular weight is 266 g/mol. The average Bonchev–Trinajstić information content (AvgIpc) is 3.11. The molecule has 1 aromatic carbocycles. The third-order valence-electron chi connectivity index (χ3n) is 3.64. The van der Waals surface area contributed by atoms with E-state index < -0.39 is 0 Å². The first-order valence-corrected chi connectivity index (χ1v) is 6.57. The largest absolute Gasteiger partial charge is 0.481 e. The molecule has 5 nitrogen and oxygen atoms in total. The van der Waals surface area contributed by atoms with Gasteiger partial charge in [0.25, 0.3) is 0 Å². The molecule has 0 amide bonds. The van der Waals surface area contributed by atoms with Crippen LogP contribution in [0.1, 0.15) is 11.1 Å². The highest BCUT2D eigenvalue weighted by atomic mass is 16.5. The van der Waals surface area contributed by atoms with Crippen LogP contribution in [0, 0.1) is 0 Å². The van der Waals surface area contributed by atoms with Crippen LogP contribution in [0.4, 0.5) is 0 Å². The first-order chi connectivity index (χ1) is 9.83. The van der Waals surface area contributed by atoms with E-state index in [-0.39, 0.29) is 0 Å². The third kappa shape index (κ3) is 1.75. The molecule has 1 aliphatic heterocycles. The molecule has 2 N–H and O–H groups in total. The van der Waals surface area contributed by atoms with Gasteiger partial charge in [0.05, 0.1) is 12.6 Å². The van der Waals surface area contributed by atoms with Gasteiger partial charge >= 0.3 is 0 Å². The lowest BCUT2D eigenvalue weighted by molar-refractivity contribution is 0.399. The zero-order chi connectivity index (χ0) is 13.5. The summed E-state index contributed by atoms with van der Waals surface area (Å²) in [5.74, 6) is 1.42. The van der Waals surface area contributed by atoms with Gasteiger partial charge in [0.2, 0.25) is 5.88 Å². The van der Waals surface area contributed by atoms with Gasteiger partial charge in [-0.25, -0.2) is 4.98 Å². The number of methoxy groups -OCH3 is 1. The molecule has 3 heterocycles. The van der Waals surface area contributed by atoms with Gasteiger partial charge in [-0.3, -0.25) is 0 Å². The summed E-state index contributed by atoms with van der Waals surface area (Å²) in [6.07, 6.45) is 0. The standard InChI is InChI=1S/C15H14N4O/c1-20-13-5-4-12-15(18-13)19-14(17-12)9-2-3-10-7-16-8-11(10)6-9/h2-6,16H,7-8H2,1H3,(H,17,18,19). The molecule has 0 saturated carbocycles. The number of fused-ring (bicyclic) bond motifs is 2. The van der Waals surface area contributed by atoms with Crippen molar-refractivity contribution >= 4 is 11.2 Å². The third-order valence-corrected chi connectivity index (χ3v) is 3.64. The maximum atomic E-state index is 5.12. The van der Waals surface area contributed by atoms with Crippen molar-refractivity contribution < 1.29 is 4.74 Å². The first-order valence-electron chi connectivity index (χ1n) is 6.57. The Balaban J connectivity index is 1.81. The van der Waals surface area contributed by atoms with Crippen LogP contribution in [0.3, 0.4) is 0 Å². The topological polar surface area (TPSA) is 62.8 Å². The van der Waals surface area contributed by atoms with E-state index >= 15 is 0 Å². The van der Waals surface area contributed by atoms with Gasteiger partial charge in [-0.15, -0.1) is 0 Å². The minimum Gasteiger partial charge on any atom is -0.481 e. The van der Waals surface area contributed by atoms with Gasteiger partial charge in [-0.2, -0.15) is 4.98 Å². The number of pyridine rings is 1. The highest BCUT2D eigenvalue weighted by Crippen LogP contribution is 2.25. The molecule has 0 aliphatic carbocycles. The van der Waals surface area contributed by atoms with Gasteiger partial charge in [-0.05, 0) is 23.3 Å². The molecule has 3 aromatic rings. The number of rotatable bonds is 2. The zero-order valence-electron chi connectivity index (χ0n) is 11.1. The maximum absolute atomic E-state index is 5.12. The normalized spacial score (nSPS) is 13.7. The number of hydrogen-bond donors (Lipinski definition) is 2. The number of ether oxygens (including phenoxy) is 1. The summed E-state index contributed by atoms with van der Waals surface area (Å²) in [6.45, 7) is 1.88. The number of aromatic nitrogens is 3. The van der Waals surface area contributed by atoms with E-state index in [2.05, 4.69) is 38.5 Å². The zero-order valence-corrected chi connectivity index (χ0v) is 11.1. The fourth-order valence-corrected chi connectivity index (χ4v) is 2.57. The molecule has 0 saturated heterocycles. The second-order valence-corrected chi connectivity index (χ2v) is 4.90. The van der Waals surface area contributed by atoms with Gasteiger partial charge in [0, 0.05) is 24.7 Å². The SMILES string of the molecule is COc1ccc2[nH]c(-c3ccc4c(c3)CNC4)nc2n1. The van der Waals surface area contributed by atoms with Crippen molar-refractivity contribution in [3.05, 3.63) is 41.5 Å². The molecule has 20 heavy (non-hydrogen) atoms. The second-order valence-electron chi connectivity index (χ2n) is 4.90. The molecule has 4 rings (SSSR count). The number of H-pyrrole nitrogens is 1. The van der Waals surface area contributed by atoms with Crippen molar-refractivity contribution in [1.82, 2.24) is 20.3 Å². The number of benzene rings is 1. The van der Waals surface area contributed by atoms with Crippen LogP contribution in [0.2, 0.25) is 0 Å². The van der Waals surface area contributed by atoms with E-state index in [9.17, 15) is 0 Å². The molecular formula is C15H14N4O. The Hall–Kier alpha value is -2.40. The van der Waals surface area contributed by atoms with Crippen molar-refractivity contribution in [2.75, 3.05) is 7.11 Å². The molecule has 100 valence electrons. The number of nitrogens with zero attached hydrogens (tertiary/aromatic N) is 2. The number of imidazole rings is 1. The van der Waals surface area contributed by atoms with Crippen molar-refractivity contribution in [2.45, 2.75) is 13.1 Å². The van der Waals surface area contributed by atoms with Crippen LogP contribution in [-0.4, -0.2) is 22.1 Å². The van der Waals surface area contributed by atoms with E-state index in [0.29, 0.717) is 11.5 Å². The quantitative estimate of drug-likeness (QED) is 0.746. The van der Waals surface area contributed by atoms with Crippen molar-refractivity contribution in [3.8, 4) is 17.3 Å². The molecule has 0 bridgehead atoms. The predicted molar refractivity (Wildman–Crippen MR) is 76.4 cm³/mol. The van der Waals surface area contributed by atoms with E-state index in [1.807, 2.05) is 12.1 Å². The molecule has 0 unspecified atom stereocenters. The summed E-state index contributed by atoms with van der Waals surface area (Å²) >= 11 is 0. The van der Waals surface area contributed by atoms with Crippen molar-refractivity contribution in [3.63, 3.8) is 0 Å². The molecule has 0 spiro atoms. The Morgan fingerprint density at radius 3 is 2.85 bits per heavy atom. The van der Waals surface area contributed by atoms with E-state index in [1.165, 1.54) is 11.1 Å². The fraction of sp³-hybridized carbons (Fsp3) is 0.200. The Morgan fingerprint density at radius 1 is 1.05 bits per heavy atom. The highest BCUT2D eigenvalue weighted by molar-refractivity contribution is 5.76. The molecular weight excluding hydrogens is 252 g/mol. The summed E-state index contributed by atoms with van der Waals surface area (Å²) in [5, 5.41) is 3.35. The molecule has 0 atom stereocenters. The first kappa shape index (κ1) is 11.4. The van der Waals surface area contributed by atoms with E-state index in [4.69, 9.17) is 4.74 Å². The Morgan fingerprint density at radius 2 is 1.95 bits per heavy atom. The summed E-state index contributed by atoms with van der Waals surface area (Å²) < 4.78 is 5.12. The van der Waals surface area contributed by atoms with Crippen LogP contribution in [0.25, 0.3) is 22.6 Å². The highest BCUT2D eigenvalue weighted by Gasteiger charge is 2.13. The van der Waals surface area contributed by atoms with E-state index in [1.54, 1.807) is 7.11 Å². The Labute approximate surface area is 116 Å². The second kappa shape index (κ2) is 4.31. The number of aromatic amines is 1. The van der Waals surface area contributed by atoms with Gasteiger partial charge < -0.3 is 15.0 Å². The van der Waals surface area contributed by atoms with Crippen molar-refractivity contribution in [1.29, 1.82) is 0 Å². The number of nitrogens with one attached hydrogen (secondary N) is 2. The maximum Gasteiger partial charge on any atom is 0.215 e. The fourth-order valence-electron chi connectivity index (χ4n) is 2.57. The number of hydrogen-bond acceptors (Lipinski definition) is 4. The predicted octanol–water partition coefficient (Wildman–Crippen LogP) is 2.24. The lowest BCUT2D eigenvalue weighted by atomic mass is 10.1.